The van der Waals surface area contributed by atoms with Crippen LogP contribution in [0.4, 0.5) is 8.78 Å². The van der Waals surface area contributed by atoms with Crippen molar-refractivity contribution in [1.29, 1.82) is 0 Å². The fourth-order valence-electron chi connectivity index (χ4n) is 1.76. The zero-order valence-electron chi connectivity index (χ0n) is 10.3. The number of hydrogen-bond acceptors (Lipinski definition) is 3. The molecule has 1 fully saturated rings. The van der Waals surface area contributed by atoms with Crippen molar-refractivity contribution in [3.8, 4) is 0 Å². The summed E-state index contributed by atoms with van der Waals surface area (Å²) >= 11 is 0. The van der Waals surface area contributed by atoms with Crippen LogP contribution in [0.3, 0.4) is 0 Å². The second-order valence-electron chi connectivity index (χ2n) is 4.15. The van der Waals surface area contributed by atoms with E-state index >= 15 is 0 Å². The van der Waals surface area contributed by atoms with Crippen LogP contribution in [0.25, 0.3) is 0 Å². The first-order chi connectivity index (χ1) is 7.54. The summed E-state index contributed by atoms with van der Waals surface area (Å²) in [4.78, 5) is 15.1. The van der Waals surface area contributed by atoms with E-state index in [9.17, 15) is 13.6 Å². The van der Waals surface area contributed by atoms with Gasteiger partial charge >= 0.3 is 0 Å². The van der Waals surface area contributed by atoms with E-state index in [1.807, 2.05) is 0 Å². The molecule has 0 aromatic rings. The van der Waals surface area contributed by atoms with Crippen molar-refractivity contribution in [3.05, 3.63) is 0 Å². The molecular formula is C10H21Cl2F2N3O. The van der Waals surface area contributed by atoms with Gasteiger partial charge in [-0.25, -0.2) is 8.78 Å². The molecule has 0 radical (unpaired) electrons. The molecule has 0 aromatic carbocycles. The number of amides is 1. The molecule has 1 aliphatic rings. The average molecular weight is 308 g/mol. The Kier molecular flexibility index (Phi) is 10.9. The highest BCUT2D eigenvalue weighted by Crippen LogP contribution is 2.08. The monoisotopic (exact) mass is 307 g/mol. The highest BCUT2D eigenvalue weighted by atomic mass is 35.5. The van der Waals surface area contributed by atoms with Crippen LogP contribution < -0.4 is 5.73 Å². The molecule has 1 unspecified atom stereocenters. The van der Waals surface area contributed by atoms with Crippen LogP contribution in [0.5, 0.6) is 0 Å². The number of nitrogens with two attached hydrogens (primary N) is 1. The van der Waals surface area contributed by atoms with E-state index in [1.165, 1.54) is 0 Å². The van der Waals surface area contributed by atoms with Crippen LogP contribution in [0.1, 0.15) is 6.92 Å². The average Bonchev–Trinajstić information content (AvgIpc) is 2.27. The van der Waals surface area contributed by atoms with Gasteiger partial charge in [0, 0.05) is 38.6 Å². The first-order valence-corrected chi connectivity index (χ1v) is 5.54. The van der Waals surface area contributed by atoms with Gasteiger partial charge in [-0.3, -0.25) is 9.69 Å². The summed E-state index contributed by atoms with van der Waals surface area (Å²) < 4.78 is 24.2. The number of nitrogens with zero attached hydrogens (tertiary/aromatic N) is 2. The van der Waals surface area contributed by atoms with Crippen LogP contribution in [-0.2, 0) is 4.79 Å². The second kappa shape index (κ2) is 9.72. The van der Waals surface area contributed by atoms with E-state index < -0.39 is 6.43 Å². The maximum atomic E-state index is 12.1. The lowest BCUT2D eigenvalue weighted by Crippen LogP contribution is -2.51. The third-order valence-corrected chi connectivity index (χ3v) is 2.86. The van der Waals surface area contributed by atoms with Crippen LogP contribution >= 0.6 is 24.8 Å². The van der Waals surface area contributed by atoms with Crippen LogP contribution in [0.2, 0.25) is 0 Å². The predicted octanol–water partition coefficient (Wildman–Crippen LogP) is 0.834. The van der Waals surface area contributed by atoms with Crippen LogP contribution in [0, 0.1) is 5.92 Å². The minimum Gasteiger partial charge on any atom is -0.340 e. The van der Waals surface area contributed by atoms with E-state index in [4.69, 9.17) is 5.73 Å². The van der Waals surface area contributed by atoms with Crippen molar-refractivity contribution < 1.29 is 13.6 Å². The smallest absolute Gasteiger partial charge is 0.251 e. The Labute approximate surface area is 119 Å². The van der Waals surface area contributed by atoms with Gasteiger partial charge in [-0.1, -0.05) is 6.92 Å². The Morgan fingerprint density at radius 3 is 2.11 bits per heavy atom. The number of halogens is 4. The Bertz CT molecular complexity index is 239. The van der Waals surface area contributed by atoms with Crippen molar-refractivity contribution in [2.75, 3.05) is 39.3 Å². The molecule has 1 heterocycles. The lowest BCUT2D eigenvalue weighted by atomic mass is 10.1. The Morgan fingerprint density at radius 1 is 1.22 bits per heavy atom. The van der Waals surface area contributed by atoms with Crippen molar-refractivity contribution in [3.63, 3.8) is 0 Å². The minimum atomic E-state index is -2.30. The number of hydrogen-bond donors (Lipinski definition) is 1. The summed E-state index contributed by atoms with van der Waals surface area (Å²) in [5, 5.41) is 0. The SMILES string of the molecule is CC(CN)C(=O)N1CCN(CC(F)F)CC1.Cl.Cl. The normalized spacial score (nSPS) is 17.9. The van der Waals surface area contributed by atoms with Crippen LogP contribution in [-0.4, -0.2) is 61.4 Å². The first-order valence-electron chi connectivity index (χ1n) is 5.54. The third kappa shape index (κ3) is 6.13. The Morgan fingerprint density at radius 2 is 1.72 bits per heavy atom. The van der Waals surface area contributed by atoms with Gasteiger partial charge in [-0.15, -0.1) is 24.8 Å². The van der Waals surface area contributed by atoms with Gasteiger partial charge in [0.05, 0.1) is 6.54 Å². The van der Waals surface area contributed by atoms with Gasteiger partial charge in [-0.05, 0) is 0 Å². The molecule has 0 aliphatic carbocycles. The van der Waals surface area contributed by atoms with E-state index in [1.54, 1.807) is 16.7 Å². The first kappa shape index (κ1) is 20.2. The van der Waals surface area contributed by atoms with Crippen molar-refractivity contribution in [2.24, 2.45) is 11.7 Å². The molecule has 18 heavy (non-hydrogen) atoms. The standard InChI is InChI=1S/C10H19F2N3O.2ClH/c1-8(6-13)10(16)15-4-2-14(3-5-15)7-9(11)12;;/h8-9H,2-7,13H2,1H3;2*1H. The zero-order valence-corrected chi connectivity index (χ0v) is 12.0. The maximum absolute atomic E-state index is 12.1. The molecule has 0 spiro atoms. The molecule has 110 valence electrons. The maximum Gasteiger partial charge on any atom is 0.251 e. The number of carbonyl (C=O) groups excluding carboxylic acids is 1. The molecule has 4 nitrogen and oxygen atoms in total. The molecule has 2 N–H and O–H groups in total. The van der Waals surface area contributed by atoms with Gasteiger partial charge in [0.1, 0.15) is 0 Å². The Balaban J connectivity index is 0. The molecule has 1 rings (SSSR count). The minimum absolute atomic E-state index is 0. The summed E-state index contributed by atoms with van der Waals surface area (Å²) in [6.07, 6.45) is -2.30. The molecule has 1 aliphatic heterocycles. The fourth-order valence-corrected chi connectivity index (χ4v) is 1.76. The summed E-state index contributed by atoms with van der Waals surface area (Å²) in [6.45, 7) is 4.00. The van der Waals surface area contributed by atoms with Crippen molar-refractivity contribution in [1.82, 2.24) is 9.80 Å². The van der Waals surface area contributed by atoms with Gasteiger partial charge in [0.15, 0.2) is 0 Å². The number of carbonyl (C=O) groups is 1. The van der Waals surface area contributed by atoms with Crippen molar-refractivity contribution >= 4 is 30.7 Å². The molecule has 1 saturated heterocycles. The largest absolute Gasteiger partial charge is 0.340 e. The Hall–Kier alpha value is -0.170. The topological polar surface area (TPSA) is 49.6 Å². The zero-order chi connectivity index (χ0) is 12.1. The van der Waals surface area contributed by atoms with Gasteiger partial charge in [0.2, 0.25) is 5.91 Å². The lowest BCUT2D eigenvalue weighted by molar-refractivity contribution is -0.136. The summed E-state index contributed by atoms with van der Waals surface area (Å²) in [5.41, 5.74) is 5.42. The molecule has 1 amide bonds. The van der Waals surface area contributed by atoms with E-state index in [0.717, 1.165) is 0 Å². The fraction of sp³-hybridized carbons (Fsp3) is 0.900. The number of alkyl halides is 2. The van der Waals surface area contributed by atoms with Gasteiger partial charge in [0.25, 0.3) is 6.43 Å². The van der Waals surface area contributed by atoms with E-state index in [-0.39, 0.29) is 43.2 Å². The molecule has 1 atom stereocenters. The van der Waals surface area contributed by atoms with E-state index in [0.29, 0.717) is 32.7 Å². The number of piperazine rings is 1. The van der Waals surface area contributed by atoms with Crippen LogP contribution in [0.15, 0.2) is 0 Å². The molecule has 8 heteroatoms. The van der Waals surface area contributed by atoms with E-state index in [2.05, 4.69) is 0 Å². The third-order valence-electron chi connectivity index (χ3n) is 2.86. The van der Waals surface area contributed by atoms with Gasteiger partial charge < -0.3 is 10.6 Å². The lowest BCUT2D eigenvalue weighted by Gasteiger charge is -2.35. The highest BCUT2D eigenvalue weighted by molar-refractivity contribution is 5.85. The second-order valence-corrected chi connectivity index (χ2v) is 4.15. The van der Waals surface area contributed by atoms with Crippen molar-refractivity contribution in [2.45, 2.75) is 13.3 Å². The predicted molar refractivity (Wildman–Crippen MR) is 71.7 cm³/mol. The summed E-state index contributed by atoms with van der Waals surface area (Å²) in [7, 11) is 0. The van der Waals surface area contributed by atoms with Gasteiger partial charge in [-0.2, -0.15) is 0 Å². The quantitative estimate of drug-likeness (QED) is 0.837. The molecular weight excluding hydrogens is 287 g/mol. The summed E-state index contributed by atoms with van der Waals surface area (Å²) in [6, 6.07) is 0. The molecule has 0 saturated carbocycles. The highest BCUT2D eigenvalue weighted by Gasteiger charge is 2.25. The molecule has 0 aromatic heterocycles. The molecule has 0 bridgehead atoms. The number of rotatable bonds is 4. The summed E-state index contributed by atoms with van der Waals surface area (Å²) in [5.74, 6) is -0.152.